The van der Waals surface area contributed by atoms with Gasteiger partial charge in [0.25, 0.3) is 5.56 Å². The van der Waals surface area contributed by atoms with Gasteiger partial charge in [0, 0.05) is 12.1 Å². The maximum atomic E-state index is 13.7. The van der Waals surface area contributed by atoms with Crippen molar-refractivity contribution >= 4 is 16.9 Å². The zero-order chi connectivity index (χ0) is 20.5. The van der Waals surface area contributed by atoms with E-state index in [4.69, 9.17) is 0 Å². The minimum Gasteiger partial charge on any atom is -0.350 e. The van der Waals surface area contributed by atoms with Crippen molar-refractivity contribution in [2.24, 2.45) is 0 Å². The van der Waals surface area contributed by atoms with Crippen molar-refractivity contribution < 1.29 is 22.4 Å². The van der Waals surface area contributed by atoms with Gasteiger partial charge < -0.3 is 5.32 Å². The van der Waals surface area contributed by atoms with Gasteiger partial charge in [-0.15, -0.1) is 0 Å². The second-order valence-electron chi connectivity index (χ2n) is 6.11. The number of benzene rings is 2. The minimum absolute atomic E-state index is 0.0665. The Balaban J connectivity index is 1.99. The molecule has 28 heavy (non-hydrogen) atoms. The highest BCUT2D eigenvalue weighted by Gasteiger charge is 2.38. The van der Waals surface area contributed by atoms with Gasteiger partial charge in [-0.1, -0.05) is 30.3 Å². The number of carbonyl (C=O) groups is 1. The topological polar surface area (TPSA) is 64.0 Å². The smallest absolute Gasteiger partial charge is 0.350 e. The molecule has 0 saturated heterocycles. The number of fused-ring (bicyclic) bond motifs is 1. The molecule has 9 heteroatoms. The summed E-state index contributed by atoms with van der Waals surface area (Å²) >= 11 is 0. The molecule has 5 nitrogen and oxygen atoms in total. The first kappa shape index (κ1) is 19.5. The molecule has 3 rings (SSSR count). The molecule has 1 heterocycles. The summed E-state index contributed by atoms with van der Waals surface area (Å²) in [4.78, 5) is 28.3. The average molecular weight is 393 g/mol. The van der Waals surface area contributed by atoms with E-state index in [0.717, 1.165) is 4.57 Å². The molecule has 0 spiro atoms. The molecule has 0 aliphatic rings. The van der Waals surface area contributed by atoms with E-state index in [-0.39, 0.29) is 23.1 Å². The highest BCUT2D eigenvalue weighted by molar-refractivity contribution is 5.83. The monoisotopic (exact) mass is 393 g/mol. The Morgan fingerprint density at radius 1 is 1.14 bits per heavy atom. The average Bonchev–Trinajstić information content (AvgIpc) is 2.65. The molecule has 1 atom stereocenters. The molecule has 3 aromatic rings. The zero-order valence-electron chi connectivity index (χ0n) is 14.6. The molecule has 0 radical (unpaired) electrons. The number of amides is 1. The molecule has 0 unspecified atom stereocenters. The Hall–Kier alpha value is -3.23. The van der Waals surface area contributed by atoms with E-state index in [0.29, 0.717) is 0 Å². The Labute approximate surface area is 156 Å². The second-order valence-corrected chi connectivity index (χ2v) is 6.11. The largest absolute Gasteiger partial charge is 0.438 e. The van der Waals surface area contributed by atoms with Gasteiger partial charge in [-0.3, -0.25) is 14.2 Å². The summed E-state index contributed by atoms with van der Waals surface area (Å²) in [5.41, 5.74) is -2.78. The zero-order valence-corrected chi connectivity index (χ0v) is 14.6. The van der Waals surface area contributed by atoms with Gasteiger partial charge in [0.05, 0.1) is 11.0 Å². The molecular weight excluding hydrogens is 378 g/mol. The highest BCUT2D eigenvalue weighted by Crippen LogP contribution is 2.27. The van der Waals surface area contributed by atoms with Gasteiger partial charge in [0.1, 0.15) is 11.9 Å². The first-order valence-corrected chi connectivity index (χ1v) is 8.29. The fourth-order valence-corrected chi connectivity index (χ4v) is 2.81. The molecule has 0 fully saturated rings. The van der Waals surface area contributed by atoms with Crippen molar-refractivity contribution in [2.75, 3.05) is 0 Å². The molecule has 0 saturated carbocycles. The molecule has 1 aromatic heterocycles. The Kier molecular flexibility index (Phi) is 5.17. The lowest BCUT2D eigenvalue weighted by molar-refractivity contribution is -0.142. The highest BCUT2D eigenvalue weighted by atomic mass is 19.4. The summed E-state index contributed by atoms with van der Waals surface area (Å²) in [6, 6.07) is 10.2. The van der Waals surface area contributed by atoms with E-state index in [1.807, 2.05) is 0 Å². The third-order valence-electron chi connectivity index (χ3n) is 4.24. The van der Waals surface area contributed by atoms with Gasteiger partial charge in [-0.25, -0.2) is 9.37 Å². The van der Waals surface area contributed by atoms with E-state index in [9.17, 15) is 27.2 Å². The lowest BCUT2D eigenvalue weighted by Crippen LogP contribution is -2.39. The maximum absolute atomic E-state index is 13.7. The van der Waals surface area contributed by atoms with Gasteiger partial charge >= 0.3 is 6.18 Å². The lowest BCUT2D eigenvalue weighted by Gasteiger charge is -2.19. The van der Waals surface area contributed by atoms with Crippen LogP contribution in [0.5, 0.6) is 0 Å². The summed E-state index contributed by atoms with van der Waals surface area (Å²) in [5.74, 6) is -1.25. The van der Waals surface area contributed by atoms with Crippen molar-refractivity contribution in [1.29, 1.82) is 0 Å². The third-order valence-corrected chi connectivity index (χ3v) is 4.24. The number of hydrogen-bond donors (Lipinski definition) is 1. The number of para-hydroxylation sites is 2. The molecule has 1 amide bonds. The first-order chi connectivity index (χ1) is 13.2. The predicted octanol–water partition coefficient (Wildman–Crippen LogP) is 3.43. The summed E-state index contributed by atoms with van der Waals surface area (Å²) in [6.45, 7) is 1.13. The van der Waals surface area contributed by atoms with Gasteiger partial charge in [-0.05, 0) is 25.1 Å². The normalized spacial score (nSPS) is 12.8. The summed E-state index contributed by atoms with van der Waals surface area (Å²) in [7, 11) is 0. The number of hydrogen-bond acceptors (Lipinski definition) is 3. The number of halogens is 4. The van der Waals surface area contributed by atoms with E-state index in [1.165, 1.54) is 49.4 Å². The molecule has 0 bridgehead atoms. The van der Waals surface area contributed by atoms with Crippen molar-refractivity contribution in [3.05, 3.63) is 76.0 Å². The van der Waals surface area contributed by atoms with Crippen molar-refractivity contribution in [2.45, 2.75) is 25.7 Å². The van der Waals surface area contributed by atoms with Crippen LogP contribution in [0.2, 0.25) is 0 Å². The Morgan fingerprint density at radius 3 is 2.46 bits per heavy atom. The molecule has 146 valence electrons. The lowest BCUT2D eigenvalue weighted by atomic mass is 10.2. The fraction of sp³-hybridized carbons (Fsp3) is 0.211. The van der Waals surface area contributed by atoms with Crippen molar-refractivity contribution in [3.63, 3.8) is 0 Å². The number of alkyl halides is 3. The quantitative estimate of drug-likeness (QED) is 0.691. The van der Waals surface area contributed by atoms with Crippen LogP contribution < -0.4 is 10.9 Å². The van der Waals surface area contributed by atoms with Crippen LogP contribution >= 0.6 is 0 Å². The van der Waals surface area contributed by atoms with Crippen LogP contribution in [0.1, 0.15) is 24.2 Å². The summed E-state index contributed by atoms with van der Waals surface area (Å²) < 4.78 is 54.1. The molecule has 0 aliphatic carbocycles. The van der Waals surface area contributed by atoms with Crippen LogP contribution in [0, 0.1) is 5.82 Å². The third kappa shape index (κ3) is 3.73. The fourth-order valence-electron chi connectivity index (χ4n) is 2.81. The van der Waals surface area contributed by atoms with Crippen LogP contribution in [-0.2, 0) is 17.5 Å². The van der Waals surface area contributed by atoms with Crippen LogP contribution in [0.4, 0.5) is 17.6 Å². The standard InChI is InChI=1S/C19H15F4N3O2/c1-11(17(27)24-10-12-6-2-3-7-13(12)20)26-15-9-5-4-8-14(15)25-16(18(26)28)19(21,22)23/h2-9,11H,10H2,1H3,(H,24,27)/t11-/m1/s1. The molecule has 0 aliphatic heterocycles. The SMILES string of the molecule is C[C@H](C(=O)NCc1ccccc1F)n1c(=O)c(C(F)(F)F)nc2ccccc21. The molecule has 2 aromatic carbocycles. The summed E-state index contributed by atoms with van der Waals surface area (Å²) in [6.07, 6.45) is -4.97. The van der Waals surface area contributed by atoms with E-state index >= 15 is 0 Å². The number of nitrogens with one attached hydrogen (secondary N) is 1. The number of rotatable bonds is 4. The van der Waals surface area contributed by atoms with E-state index < -0.39 is 35.2 Å². The van der Waals surface area contributed by atoms with Gasteiger partial charge in [0.15, 0.2) is 0 Å². The van der Waals surface area contributed by atoms with Crippen LogP contribution in [0.25, 0.3) is 11.0 Å². The Bertz CT molecular complexity index is 1090. The van der Waals surface area contributed by atoms with Gasteiger partial charge in [-0.2, -0.15) is 13.2 Å². The second kappa shape index (κ2) is 7.41. The first-order valence-electron chi connectivity index (χ1n) is 8.29. The number of aromatic nitrogens is 2. The predicted molar refractivity (Wildman–Crippen MR) is 94.0 cm³/mol. The van der Waals surface area contributed by atoms with Crippen molar-refractivity contribution in [3.8, 4) is 0 Å². The minimum atomic E-state index is -4.97. The van der Waals surface area contributed by atoms with E-state index in [2.05, 4.69) is 10.3 Å². The van der Waals surface area contributed by atoms with Crippen LogP contribution in [-0.4, -0.2) is 15.5 Å². The number of nitrogens with zero attached hydrogens (tertiary/aromatic N) is 2. The molecule has 1 N–H and O–H groups in total. The maximum Gasteiger partial charge on any atom is 0.438 e. The van der Waals surface area contributed by atoms with Crippen molar-refractivity contribution in [1.82, 2.24) is 14.9 Å². The Morgan fingerprint density at radius 2 is 1.79 bits per heavy atom. The van der Waals surface area contributed by atoms with Crippen LogP contribution in [0.3, 0.4) is 0 Å². The van der Waals surface area contributed by atoms with Gasteiger partial charge in [0.2, 0.25) is 11.6 Å². The van der Waals surface area contributed by atoms with Crippen LogP contribution in [0.15, 0.2) is 53.3 Å². The number of carbonyl (C=O) groups excluding carboxylic acids is 1. The van der Waals surface area contributed by atoms with E-state index in [1.54, 1.807) is 6.07 Å². The summed E-state index contributed by atoms with van der Waals surface area (Å²) in [5, 5.41) is 2.45. The molecular formula is C19H15F4N3O2.